The van der Waals surface area contributed by atoms with E-state index in [0.29, 0.717) is 5.41 Å². The number of pyridine rings is 1. The molecule has 4 heterocycles. The molecule has 4 rings (SSSR count). The predicted molar refractivity (Wildman–Crippen MR) is 102 cm³/mol. The van der Waals surface area contributed by atoms with Crippen molar-refractivity contribution in [2.24, 2.45) is 5.41 Å². The van der Waals surface area contributed by atoms with Crippen LogP contribution in [0.2, 0.25) is 0 Å². The van der Waals surface area contributed by atoms with E-state index >= 15 is 0 Å². The van der Waals surface area contributed by atoms with E-state index in [9.17, 15) is 0 Å². The summed E-state index contributed by atoms with van der Waals surface area (Å²) in [5, 5.41) is 4.45. The first-order valence-electron chi connectivity index (χ1n) is 9.24. The molecule has 0 aliphatic carbocycles. The van der Waals surface area contributed by atoms with E-state index < -0.39 is 0 Å². The minimum atomic E-state index is 0.323. The molecule has 0 aromatic carbocycles. The first-order valence-corrected chi connectivity index (χ1v) is 10.2. The third-order valence-electron chi connectivity index (χ3n) is 5.55. The van der Waals surface area contributed by atoms with Gasteiger partial charge in [0.05, 0.1) is 13.2 Å². The van der Waals surface area contributed by atoms with Gasteiger partial charge in [0.2, 0.25) is 0 Å². The van der Waals surface area contributed by atoms with E-state index in [1.807, 2.05) is 18.5 Å². The van der Waals surface area contributed by atoms with Crippen molar-refractivity contribution in [2.75, 3.05) is 39.4 Å². The third-order valence-corrected chi connectivity index (χ3v) is 6.28. The molecule has 0 radical (unpaired) electrons. The van der Waals surface area contributed by atoms with E-state index in [0.717, 1.165) is 39.4 Å². The van der Waals surface area contributed by atoms with E-state index in [1.54, 1.807) is 11.3 Å². The second-order valence-electron chi connectivity index (χ2n) is 7.53. The lowest BCUT2D eigenvalue weighted by molar-refractivity contribution is 0.0125. The number of ether oxygens (including phenoxy) is 1. The number of hydrogen-bond acceptors (Lipinski definition) is 5. The Balaban J connectivity index is 1.36. The average molecular weight is 358 g/mol. The summed E-state index contributed by atoms with van der Waals surface area (Å²) in [6.07, 6.45) is 6.31. The first-order chi connectivity index (χ1) is 12.3. The van der Waals surface area contributed by atoms with Gasteiger partial charge in [-0.25, -0.2) is 0 Å². The highest BCUT2D eigenvalue weighted by Gasteiger charge is 2.37. The zero-order valence-electron chi connectivity index (χ0n) is 14.8. The molecule has 2 saturated heterocycles. The minimum absolute atomic E-state index is 0.323. The van der Waals surface area contributed by atoms with Crippen molar-refractivity contribution in [3.63, 3.8) is 0 Å². The fourth-order valence-electron chi connectivity index (χ4n) is 4.09. The SMILES string of the molecule is c1cncc(CN2CCOCC3(CCN(Cc4ccsc4)CC3)C2)c1. The maximum Gasteiger partial charge on any atom is 0.0593 e. The van der Waals surface area contributed by atoms with Gasteiger partial charge in [0, 0.05) is 44.0 Å². The molecule has 2 aromatic rings. The van der Waals surface area contributed by atoms with Crippen molar-refractivity contribution in [3.05, 3.63) is 52.5 Å². The normalized spacial score (nSPS) is 22.1. The van der Waals surface area contributed by atoms with Crippen LogP contribution in [-0.2, 0) is 17.8 Å². The van der Waals surface area contributed by atoms with Gasteiger partial charge in [-0.15, -0.1) is 0 Å². The monoisotopic (exact) mass is 357 g/mol. The summed E-state index contributed by atoms with van der Waals surface area (Å²) in [5.41, 5.74) is 3.08. The van der Waals surface area contributed by atoms with Gasteiger partial charge in [-0.3, -0.25) is 14.8 Å². The van der Waals surface area contributed by atoms with Crippen LogP contribution in [-0.4, -0.2) is 54.2 Å². The molecule has 0 amide bonds. The summed E-state index contributed by atoms with van der Waals surface area (Å²) in [6, 6.07) is 6.46. The lowest BCUT2D eigenvalue weighted by Gasteiger charge is -2.42. The van der Waals surface area contributed by atoms with Crippen LogP contribution >= 0.6 is 11.3 Å². The topological polar surface area (TPSA) is 28.6 Å². The molecular weight excluding hydrogens is 330 g/mol. The van der Waals surface area contributed by atoms with Gasteiger partial charge in [-0.2, -0.15) is 11.3 Å². The standard InChI is InChI=1S/C20H27N3OS/c1-2-18(12-21-6-1)13-23-9-10-24-17-20(16-23)4-7-22(8-5-20)14-19-3-11-25-15-19/h1-3,6,11-12,15H,4-5,7-10,13-14,16-17H2. The second kappa shape index (κ2) is 7.96. The summed E-state index contributed by atoms with van der Waals surface area (Å²) in [4.78, 5) is 9.43. The number of hydrogen-bond donors (Lipinski definition) is 0. The number of thiophene rings is 1. The summed E-state index contributed by atoms with van der Waals surface area (Å²) >= 11 is 1.80. The molecule has 25 heavy (non-hydrogen) atoms. The molecule has 5 heteroatoms. The number of aromatic nitrogens is 1. The second-order valence-corrected chi connectivity index (χ2v) is 8.31. The Kier molecular flexibility index (Phi) is 5.46. The molecule has 0 unspecified atom stereocenters. The Labute approximate surface area is 154 Å². The maximum atomic E-state index is 6.02. The predicted octanol–water partition coefficient (Wildman–Crippen LogP) is 3.26. The van der Waals surface area contributed by atoms with Gasteiger partial charge < -0.3 is 4.74 Å². The molecule has 2 aromatic heterocycles. The van der Waals surface area contributed by atoms with Crippen molar-refractivity contribution in [1.82, 2.24) is 14.8 Å². The van der Waals surface area contributed by atoms with Gasteiger partial charge in [-0.05, 0) is 60.0 Å². The summed E-state index contributed by atoms with van der Waals surface area (Å²) < 4.78 is 6.02. The van der Waals surface area contributed by atoms with Crippen LogP contribution in [0.5, 0.6) is 0 Å². The van der Waals surface area contributed by atoms with E-state index in [-0.39, 0.29) is 0 Å². The average Bonchev–Trinajstić information content (AvgIpc) is 3.07. The van der Waals surface area contributed by atoms with Crippen molar-refractivity contribution >= 4 is 11.3 Å². The van der Waals surface area contributed by atoms with Crippen LogP contribution in [0.1, 0.15) is 24.0 Å². The molecule has 134 valence electrons. The van der Waals surface area contributed by atoms with Gasteiger partial charge in [0.1, 0.15) is 0 Å². The van der Waals surface area contributed by atoms with E-state index in [2.05, 4.69) is 37.7 Å². The number of likely N-dealkylation sites (tertiary alicyclic amines) is 1. The van der Waals surface area contributed by atoms with Crippen LogP contribution in [0, 0.1) is 5.41 Å². The third kappa shape index (κ3) is 4.47. The zero-order valence-corrected chi connectivity index (χ0v) is 15.6. The van der Waals surface area contributed by atoms with Crippen LogP contribution in [0.15, 0.2) is 41.4 Å². The van der Waals surface area contributed by atoms with Crippen molar-refractivity contribution in [1.29, 1.82) is 0 Å². The Morgan fingerprint density at radius 3 is 2.72 bits per heavy atom. The van der Waals surface area contributed by atoms with Crippen LogP contribution in [0.25, 0.3) is 0 Å². The molecule has 2 fully saturated rings. The van der Waals surface area contributed by atoms with Gasteiger partial charge in [-0.1, -0.05) is 6.07 Å². The van der Waals surface area contributed by atoms with Gasteiger partial charge in [0.25, 0.3) is 0 Å². The fourth-order valence-corrected chi connectivity index (χ4v) is 4.75. The van der Waals surface area contributed by atoms with Crippen molar-refractivity contribution < 1.29 is 4.74 Å². The highest BCUT2D eigenvalue weighted by Crippen LogP contribution is 2.35. The van der Waals surface area contributed by atoms with Crippen molar-refractivity contribution in [3.8, 4) is 0 Å². The Morgan fingerprint density at radius 2 is 1.96 bits per heavy atom. The molecule has 0 N–H and O–H groups in total. The van der Waals surface area contributed by atoms with Crippen LogP contribution in [0.3, 0.4) is 0 Å². The van der Waals surface area contributed by atoms with E-state index in [4.69, 9.17) is 4.74 Å². The lowest BCUT2D eigenvalue weighted by atomic mass is 9.78. The number of rotatable bonds is 4. The smallest absolute Gasteiger partial charge is 0.0593 e. The Hall–Kier alpha value is -1.27. The van der Waals surface area contributed by atoms with E-state index in [1.165, 1.54) is 37.1 Å². The lowest BCUT2D eigenvalue weighted by Crippen LogP contribution is -2.46. The zero-order chi connectivity index (χ0) is 17.0. The van der Waals surface area contributed by atoms with Crippen molar-refractivity contribution in [2.45, 2.75) is 25.9 Å². The molecule has 0 bridgehead atoms. The highest BCUT2D eigenvalue weighted by atomic mass is 32.1. The van der Waals surface area contributed by atoms with Crippen LogP contribution in [0.4, 0.5) is 0 Å². The first kappa shape index (κ1) is 17.2. The summed E-state index contributed by atoms with van der Waals surface area (Å²) in [6.45, 7) is 8.38. The summed E-state index contributed by atoms with van der Waals surface area (Å²) in [5.74, 6) is 0. The minimum Gasteiger partial charge on any atom is -0.379 e. The highest BCUT2D eigenvalue weighted by molar-refractivity contribution is 7.07. The number of piperidine rings is 1. The molecule has 2 aliphatic rings. The van der Waals surface area contributed by atoms with Crippen LogP contribution < -0.4 is 0 Å². The molecule has 1 spiro atoms. The van der Waals surface area contributed by atoms with Gasteiger partial charge >= 0.3 is 0 Å². The fraction of sp³-hybridized carbons (Fsp3) is 0.550. The maximum absolute atomic E-state index is 6.02. The quantitative estimate of drug-likeness (QED) is 0.840. The largest absolute Gasteiger partial charge is 0.379 e. The molecule has 0 atom stereocenters. The molecular formula is C20H27N3OS. The Morgan fingerprint density at radius 1 is 1.08 bits per heavy atom. The van der Waals surface area contributed by atoms with Gasteiger partial charge in [0.15, 0.2) is 0 Å². The number of nitrogens with zero attached hydrogens (tertiary/aromatic N) is 3. The molecule has 2 aliphatic heterocycles. The molecule has 4 nitrogen and oxygen atoms in total. The Bertz CT molecular complexity index is 638. The summed E-state index contributed by atoms with van der Waals surface area (Å²) in [7, 11) is 0. The molecule has 0 saturated carbocycles.